The third-order valence-electron chi connectivity index (χ3n) is 1.64. The molecule has 13 heavy (non-hydrogen) atoms. The molecule has 3 nitrogen and oxygen atoms in total. The first-order valence-corrected chi connectivity index (χ1v) is 9.63. The zero-order chi connectivity index (χ0) is 10.5. The van der Waals surface area contributed by atoms with E-state index < -0.39 is 16.9 Å². The van der Waals surface area contributed by atoms with E-state index in [0.29, 0.717) is 0 Å². The highest BCUT2D eigenvalue weighted by Gasteiger charge is 2.34. The number of rotatable bonds is 5. The molecule has 0 N–H and O–H groups in total. The van der Waals surface area contributed by atoms with E-state index in [1.54, 1.807) is 21.3 Å². The van der Waals surface area contributed by atoms with Crippen LogP contribution in [0.2, 0.25) is 19.6 Å². The molecule has 0 amide bonds. The van der Waals surface area contributed by atoms with E-state index in [1.807, 2.05) is 5.70 Å². The smallest absolute Gasteiger partial charge is 0.374 e. The van der Waals surface area contributed by atoms with Crippen molar-refractivity contribution < 1.29 is 13.3 Å². The molecule has 0 spiro atoms. The summed E-state index contributed by atoms with van der Waals surface area (Å²) in [7, 11) is 1.18. The van der Waals surface area contributed by atoms with Gasteiger partial charge in [0, 0.05) is 21.3 Å². The maximum absolute atomic E-state index is 5.26. The first-order valence-electron chi connectivity index (χ1n) is 4.25. The zero-order valence-electron chi connectivity index (χ0n) is 9.38. The molecule has 0 aliphatic heterocycles. The summed E-state index contributed by atoms with van der Waals surface area (Å²) in [6, 6.07) is 0. The summed E-state index contributed by atoms with van der Waals surface area (Å²) in [6.45, 7) is 6.76. The quantitative estimate of drug-likeness (QED) is 0.662. The molecule has 0 saturated heterocycles. The third kappa shape index (κ3) is 4.73. The summed E-state index contributed by atoms with van der Waals surface area (Å²) in [6.07, 6.45) is 0. The molecular formula is C8H20O3Si2. The lowest BCUT2D eigenvalue weighted by molar-refractivity contribution is 0.138. The Hall–Kier alpha value is 0.0538. The van der Waals surface area contributed by atoms with Gasteiger partial charge in [0.15, 0.2) is 0 Å². The average Bonchev–Trinajstić information content (AvgIpc) is 2.06. The van der Waals surface area contributed by atoms with Crippen molar-refractivity contribution in [3.63, 3.8) is 0 Å². The summed E-state index contributed by atoms with van der Waals surface area (Å²) in [5, 5.41) is 0. The largest absolute Gasteiger partial charge is 0.528 e. The van der Waals surface area contributed by atoms with Gasteiger partial charge in [-0.3, -0.25) is 0 Å². The number of hydrogen-bond donors (Lipinski definition) is 0. The van der Waals surface area contributed by atoms with Crippen molar-refractivity contribution in [3.05, 3.63) is 11.4 Å². The van der Waals surface area contributed by atoms with Gasteiger partial charge in [0.2, 0.25) is 0 Å². The Bertz CT molecular complexity index is 162. The van der Waals surface area contributed by atoms with Crippen LogP contribution in [0.1, 0.15) is 0 Å². The van der Waals surface area contributed by atoms with E-state index in [4.69, 9.17) is 13.3 Å². The van der Waals surface area contributed by atoms with Crippen LogP contribution >= 0.6 is 0 Å². The lowest BCUT2D eigenvalue weighted by Crippen LogP contribution is -2.41. The fraction of sp³-hybridized carbons (Fsp3) is 0.750. The summed E-state index contributed by atoms with van der Waals surface area (Å²) in [5.74, 6) is 0. The molecular weight excluding hydrogens is 200 g/mol. The van der Waals surface area contributed by atoms with Gasteiger partial charge >= 0.3 is 8.80 Å². The van der Waals surface area contributed by atoms with Crippen LogP contribution in [0.25, 0.3) is 0 Å². The Balaban J connectivity index is 4.51. The highest BCUT2D eigenvalue weighted by molar-refractivity contribution is 6.82. The van der Waals surface area contributed by atoms with Gasteiger partial charge in [0.05, 0.1) is 8.07 Å². The maximum Gasteiger partial charge on any atom is 0.528 e. The first-order chi connectivity index (χ1) is 5.89. The standard InChI is InChI=1S/C8H20O3Si2/c1-9-13(10-2,11-3)8-7-12(4,5)6/h7-8H,1-6H3/b8-7+. The molecule has 0 rings (SSSR count). The molecule has 0 radical (unpaired) electrons. The van der Waals surface area contributed by atoms with Crippen LogP contribution in [0.15, 0.2) is 11.4 Å². The van der Waals surface area contributed by atoms with Gasteiger partial charge in [-0.05, 0) is 5.70 Å². The van der Waals surface area contributed by atoms with Crippen LogP contribution < -0.4 is 0 Å². The fourth-order valence-electron chi connectivity index (χ4n) is 0.806. The van der Waals surface area contributed by atoms with Crippen molar-refractivity contribution in [3.8, 4) is 0 Å². The summed E-state index contributed by atoms with van der Waals surface area (Å²) in [4.78, 5) is 0. The average molecular weight is 220 g/mol. The fourth-order valence-corrected chi connectivity index (χ4v) is 4.53. The predicted molar refractivity (Wildman–Crippen MR) is 59.3 cm³/mol. The molecule has 0 aromatic carbocycles. The maximum atomic E-state index is 5.26. The van der Waals surface area contributed by atoms with Crippen molar-refractivity contribution >= 4 is 16.9 Å². The minimum Gasteiger partial charge on any atom is -0.374 e. The predicted octanol–water partition coefficient (Wildman–Crippen LogP) is 1.84. The topological polar surface area (TPSA) is 27.7 Å². The molecule has 0 atom stereocenters. The Morgan fingerprint density at radius 3 is 1.38 bits per heavy atom. The lowest BCUT2D eigenvalue weighted by Gasteiger charge is -2.21. The van der Waals surface area contributed by atoms with Crippen molar-refractivity contribution in [2.75, 3.05) is 21.3 Å². The molecule has 0 unspecified atom stereocenters. The molecule has 0 aliphatic rings. The van der Waals surface area contributed by atoms with E-state index in [2.05, 4.69) is 25.3 Å². The van der Waals surface area contributed by atoms with Crippen LogP contribution in [0.5, 0.6) is 0 Å². The lowest BCUT2D eigenvalue weighted by atomic mass is 11.2. The van der Waals surface area contributed by atoms with Crippen LogP contribution in [0.3, 0.4) is 0 Å². The SMILES string of the molecule is CO[Si](/C=C/[Si](C)(C)C)(OC)OC. The Morgan fingerprint density at radius 1 is 0.769 bits per heavy atom. The Labute approximate surface area is 83.1 Å². The molecule has 5 heteroatoms. The Morgan fingerprint density at radius 2 is 1.15 bits per heavy atom. The van der Waals surface area contributed by atoms with Crippen molar-refractivity contribution in [2.24, 2.45) is 0 Å². The van der Waals surface area contributed by atoms with Crippen LogP contribution in [0.4, 0.5) is 0 Å². The normalized spacial score (nSPS) is 14.0. The van der Waals surface area contributed by atoms with E-state index in [1.165, 1.54) is 0 Å². The monoisotopic (exact) mass is 220 g/mol. The summed E-state index contributed by atoms with van der Waals surface area (Å²) >= 11 is 0. The molecule has 0 heterocycles. The second-order valence-electron chi connectivity index (χ2n) is 3.92. The third-order valence-corrected chi connectivity index (χ3v) is 5.42. The van der Waals surface area contributed by atoms with E-state index in [0.717, 1.165) is 0 Å². The molecule has 78 valence electrons. The van der Waals surface area contributed by atoms with E-state index in [-0.39, 0.29) is 0 Å². The van der Waals surface area contributed by atoms with Gasteiger partial charge in [-0.25, -0.2) is 0 Å². The first kappa shape index (κ1) is 13.1. The van der Waals surface area contributed by atoms with Gasteiger partial charge < -0.3 is 13.3 Å². The van der Waals surface area contributed by atoms with Gasteiger partial charge in [0.1, 0.15) is 0 Å². The van der Waals surface area contributed by atoms with Crippen LogP contribution in [0, 0.1) is 0 Å². The van der Waals surface area contributed by atoms with Gasteiger partial charge in [-0.15, -0.1) is 0 Å². The van der Waals surface area contributed by atoms with Crippen molar-refractivity contribution in [1.82, 2.24) is 0 Å². The van der Waals surface area contributed by atoms with Crippen LogP contribution in [-0.2, 0) is 13.3 Å². The summed E-state index contributed by atoms with van der Waals surface area (Å²) < 4.78 is 15.8. The van der Waals surface area contributed by atoms with Gasteiger partial charge in [-0.1, -0.05) is 25.3 Å². The Kier molecular flexibility index (Phi) is 5.09. The number of hydrogen-bond acceptors (Lipinski definition) is 3. The zero-order valence-corrected chi connectivity index (χ0v) is 11.4. The minimum absolute atomic E-state index is 1.20. The second-order valence-corrected chi connectivity index (χ2v) is 11.7. The van der Waals surface area contributed by atoms with Crippen LogP contribution in [-0.4, -0.2) is 38.2 Å². The van der Waals surface area contributed by atoms with Crippen molar-refractivity contribution in [2.45, 2.75) is 19.6 Å². The minimum atomic E-state index is -2.47. The molecule has 0 aromatic rings. The van der Waals surface area contributed by atoms with E-state index >= 15 is 0 Å². The molecule has 0 bridgehead atoms. The van der Waals surface area contributed by atoms with Gasteiger partial charge in [-0.2, -0.15) is 0 Å². The molecule has 0 saturated carbocycles. The van der Waals surface area contributed by atoms with Gasteiger partial charge in [0.25, 0.3) is 0 Å². The second kappa shape index (κ2) is 5.06. The molecule has 0 fully saturated rings. The van der Waals surface area contributed by atoms with Crippen molar-refractivity contribution in [1.29, 1.82) is 0 Å². The van der Waals surface area contributed by atoms with E-state index in [9.17, 15) is 0 Å². The highest BCUT2D eigenvalue weighted by Crippen LogP contribution is 2.11. The highest BCUT2D eigenvalue weighted by atomic mass is 28.4. The molecule has 0 aromatic heterocycles. The summed E-state index contributed by atoms with van der Waals surface area (Å²) in [5.41, 5.74) is 4.16. The molecule has 0 aliphatic carbocycles.